The number of hydrogen-bond donors (Lipinski definition) is 2. The second kappa shape index (κ2) is 5.12. The van der Waals surface area contributed by atoms with Crippen LogP contribution < -0.4 is 0 Å². The van der Waals surface area contributed by atoms with E-state index in [1.165, 1.54) is 0 Å². The summed E-state index contributed by atoms with van der Waals surface area (Å²) in [7, 11) is -8.92. The Balaban J connectivity index is 4.99. The number of thioether (sulfide) groups is 1. The monoisotopic (exact) mass is 274 g/mol. The van der Waals surface area contributed by atoms with Crippen LogP contribution >= 0.6 is 11.8 Å². The van der Waals surface area contributed by atoms with Crippen LogP contribution in [0.3, 0.4) is 0 Å². The third kappa shape index (κ3) is 4.80. The summed E-state index contributed by atoms with van der Waals surface area (Å²) in [6.45, 7) is 6.25. The van der Waals surface area contributed by atoms with Gasteiger partial charge in [0.2, 0.25) is 0 Å². The van der Waals surface area contributed by atoms with Crippen molar-refractivity contribution in [1.82, 2.24) is 0 Å². The quantitative estimate of drug-likeness (QED) is 0.536. The highest BCUT2D eigenvalue weighted by atomic mass is 32.3. The molecule has 15 heavy (non-hydrogen) atoms. The molecule has 0 rings (SSSR count). The number of hydrogen-bond acceptors (Lipinski definition) is 5. The maximum absolute atomic E-state index is 10.7. The lowest BCUT2D eigenvalue weighted by Crippen LogP contribution is -2.22. The molecule has 0 aliphatic carbocycles. The zero-order valence-electron chi connectivity index (χ0n) is 7.48. The van der Waals surface area contributed by atoms with E-state index < -0.39 is 29.4 Å². The lowest BCUT2D eigenvalue weighted by atomic mass is 10.7. The van der Waals surface area contributed by atoms with E-state index in [-0.39, 0.29) is 0 Å². The summed E-state index contributed by atoms with van der Waals surface area (Å²) in [5.41, 5.74) is 0. The molecular weight excluding hydrogens is 264 g/mol. The van der Waals surface area contributed by atoms with Gasteiger partial charge in [-0.3, -0.25) is 9.11 Å². The summed E-state index contributed by atoms with van der Waals surface area (Å²) in [6.07, 6.45) is 1.70. The molecule has 0 radical (unpaired) electrons. The van der Waals surface area contributed by atoms with Gasteiger partial charge in [0.05, 0.1) is 0 Å². The molecule has 0 saturated heterocycles. The summed E-state index contributed by atoms with van der Waals surface area (Å²) < 4.78 is 57.0. The molecule has 2 unspecified atom stereocenters. The first-order chi connectivity index (χ1) is 6.62. The average molecular weight is 274 g/mol. The molecule has 88 valence electrons. The Labute approximate surface area is 92.6 Å². The molecule has 9 heteroatoms. The van der Waals surface area contributed by atoms with Crippen LogP contribution in [0.2, 0.25) is 0 Å². The molecule has 0 bridgehead atoms. The summed E-state index contributed by atoms with van der Waals surface area (Å²) in [5, 5.41) is 0. The van der Waals surface area contributed by atoms with Crippen LogP contribution in [0.25, 0.3) is 0 Å². The summed E-state index contributed by atoms with van der Waals surface area (Å²) >= 11 is 0.292. The Morgan fingerprint density at radius 3 is 1.33 bits per heavy atom. The van der Waals surface area contributed by atoms with Gasteiger partial charge in [0.15, 0.2) is 9.16 Å². The van der Waals surface area contributed by atoms with E-state index in [9.17, 15) is 16.8 Å². The van der Waals surface area contributed by atoms with Crippen molar-refractivity contribution in [2.75, 3.05) is 0 Å². The maximum atomic E-state index is 10.7. The van der Waals surface area contributed by atoms with Crippen molar-refractivity contribution in [2.24, 2.45) is 0 Å². The van der Waals surface area contributed by atoms with Crippen molar-refractivity contribution in [3.8, 4) is 0 Å². The van der Waals surface area contributed by atoms with E-state index in [1.807, 2.05) is 0 Å². The predicted octanol–water partition coefficient (Wildman–Crippen LogP) is 0.519. The highest BCUT2D eigenvalue weighted by Gasteiger charge is 2.29. The van der Waals surface area contributed by atoms with Crippen molar-refractivity contribution < 1.29 is 25.9 Å². The first-order valence-corrected chi connectivity index (χ1v) is 7.41. The second-order valence-electron chi connectivity index (χ2n) is 2.37. The molecule has 0 heterocycles. The number of rotatable bonds is 6. The highest BCUT2D eigenvalue weighted by molar-refractivity contribution is 8.18. The minimum atomic E-state index is -4.46. The van der Waals surface area contributed by atoms with Crippen LogP contribution in [0.4, 0.5) is 0 Å². The van der Waals surface area contributed by atoms with E-state index in [0.29, 0.717) is 11.8 Å². The maximum Gasteiger partial charge on any atom is 0.280 e. The van der Waals surface area contributed by atoms with Crippen LogP contribution in [0.1, 0.15) is 0 Å². The van der Waals surface area contributed by atoms with E-state index in [4.69, 9.17) is 9.11 Å². The topological polar surface area (TPSA) is 109 Å². The van der Waals surface area contributed by atoms with Crippen LogP contribution in [0, 0.1) is 0 Å². The molecule has 0 aromatic heterocycles. The van der Waals surface area contributed by atoms with Crippen molar-refractivity contribution in [1.29, 1.82) is 0 Å². The van der Waals surface area contributed by atoms with Crippen LogP contribution in [0.15, 0.2) is 25.3 Å². The smallest absolute Gasteiger partial charge is 0.280 e. The molecule has 2 atom stereocenters. The molecule has 2 N–H and O–H groups in total. The molecular formula is C6H10O6S3. The van der Waals surface area contributed by atoms with Crippen LogP contribution in [0.5, 0.6) is 0 Å². The van der Waals surface area contributed by atoms with Crippen molar-refractivity contribution in [3.63, 3.8) is 0 Å². The summed E-state index contributed by atoms with van der Waals surface area (Å²) in [4.78, 5) is 0. The second-order valence-corrected chi connectivity index (χ2v) is 7.33. The van der Waals surface area contributed by atoms with E-state index in [1.54, 1.807) is 0 Å². The third-order valence-electron chi connectivity index (χ3n) is 1.24. The summed E-state index contributed by atoms with van der Waals surface area (Å²) in [6, 6.07) is 0. The van der Waals surface area contributed by atoms with Crippen molar-refractivity contribution in [2.45, 2.75) is 9.16 Å². The molecule has 0 saturated carbocycles. The van der Waals surface area contributed by atoms with E-state index in [2.05, 4.69) is 13.2 Å². The Morgan fingerprint density at radius 1 is 0.933 bits per heavy atom. The van der Waals surface area contributed by atoms with E-state index >= 15 is 0 Å². The molecule has 0 spiro atoms. The Hall–Kier alpha value is -0.350. The standard InChI is InChI=1S/C6H10O6S3/c1-3-5(14(7,8)9)13-6(4-2)15(10,11)12/h3-6H,1-2H2,(H,7,8,9)(H,10,11,12). The molecule has 0 amide bonds. The van der Waals surface area contributed by atoms with Gasteiger partial charge in [-0.15, -0.1) is 24.9 Å². The molecule has 6 nitrogen and oxygen atoms in total. The SMILES string of the molecule is C=CC(SC(C=C)S(=O)(=O)O)S(=O)(=O)O. The fraction of sp³-hybridized carbons (Fsp3) is 0.333. The fourth-order valence-corrected chi connectivity index (χ4v) is 3.65. The molecule has 0 fully saturated rings. The zero-order chi connectivity index (χ0) is 12.3. The van der Waals surface area contributed by atoms with Gasteiger partial charge in [0.25, 0.3) is 20.2 Å². The van der Waals surface area contributed by atoms with Gasteiger partial charge in [0.1, 0.15) is 0 Å². The molecule has 0 aliphatic rings. The summed E-state index contributed by atoms with van der Waals surface area (Å²) in [5.74, 6) is 0. The van der Waals surface area contributed by atoms with Gasteiger partial charge >= 0.3 is 0 Å². The molecule has 0 aromatic rings. The Bertz CT molecular complexity index is 391. The van der Waals surface area contributed by atoms with E-state index in [0.717, 1.165) is 12.2 Å². The van der Waals surface area contributed by atoms with Crippen LogP contribution in [-0.4, -0.2) is 35.1 Å². The normalized spacial score (nSPS) is 16.7. The van der Waals surface area contributed by atoms with Gasteiger partial charge < -0.3 is 0 Å². The first-order valence-electron chi connectivity index (χ1n) is 3.46. The Kier molecular flexibility index (Phi) is 5.00. The predicted molar refractivity (Wildman–Crippen MR) is 58.7 cm³/mol. The fourth-order valence-electron chi connectivity index (χ4n) is 0.627. The Morgan fingerprint density at radius 2 is 1.20 bits per heavy atom. The van der Waals surface area contributed by atoms with Gasteiger partial charge in [-0.05, 0) is 0 Å². The van der Waals surface area contributed by atoms with Gasteiger partial charge in [-0.1, -0.05) is 12.2 Å². The van der Waals surface area contributed by atoms with Gasteiger partial charge in [0, 0.05) is 0 Å². The van der Waals surface area contributed by atoms with Crippen LogP contribution in [-0.2, 0) is 20.2 Å². The lowest BCUT2D eigenvalue weighted by Gasteiger charge is -2.13. The van der Waals surface area contributed by atoms with Gasteiger partial charge in [-0.25, -0.2) is 0 Å². The van der Waals surface area contributed by atoms with Crippen molar-refractivity contribution >= 4 is 32.0 Å². The third-order valence-corrected chi connectivity index (χ3v) is 5.85. The minimum absolute atomic E-state index is 0.292. The average Bonchev–Trinajstić information content (AvgIpc) is 2.01. The van der Waals surface area contributed by atoms with Gasteiger partial charge in [-0.2, -0.15) is 16.8 Å². The van der Waals surface area contributed by atoms with Crippen molar-refractivity contribution in [3.05, 3.63) is 25.3 Å². The highest BCUT2D eigenvalue weighted by Crippen LogP contribution is 2.26. The molecule has 0 aliphatic heterocycles. The first kappa shape index (κ1) is 14.6. The largest absolute Gasteiger partial charge is 0.284 e. The lowest BCUT2D eigenvalue weighted by molar-refractivity contribution is 0.484. The minimum Gasteiger partial charge on any atom is -0.284 e. The molecule has 0 aromatic carbocycles. The zero-order valence-corrected chi connectivity index (χ0v) is 9.93.